The zero-order valence-corrected chi connectivity index (χ0v) is 18.2. The number of benzene rings is 1. The van der Waals surface area contributed by atoms with E-state index in [0.29, 0.717) is 12.2 Å². The first-order valence-electron chi connectivity index (χ1n) is 9.60. The van der Waals surface area contributed by atoms with Crippen molar-refractivity contribution in [3.05, 3.63) is 29.8 Å². The number of hydrogen-bond acceptors (Lipinski definition) is 4. The summed E-state index contributed by atoms with van der Waals surface area (Å²) in [4.78, 5) is 11.7. The van der Waals surface area contributed by atoms with Crippen LogP contribution in [0.4, 0.5) is 4.79 Å². The van der Waals surface area contributed by atoms with E-state index in [1.54, 1.807) is 13.8 Å². The van der Waals surface area contributed by atoms with Crippen LogP contribution in [0, 0.1) is 10.8 Å². The third-order valence-corrected chi connectivity index (χ3v) is 4.99. The monoisotopic (exact) mass is 379 g/mol. The minimum Gasteiger partial charge on any atom is -0.493 e. The Bertz CT molecular complexity index is 607. The van der Waals surface area contributed by atoms with Gasteiger partial charge in [0.2, 0.25) is 0 Å². The van der Waals surface area contributed by atoms with E-state index in [1.165, 1.54) is 0 Å². The van der Waals surface area contributed by atoms with Crippen LogP contribution in [-0.4, -0.2) is 23.4 Å². The summed E-state index contributed by atoms with van der Waals surface area (Å²) < 4.78 is 11.5. The van der Waals surface area contributed by atoms with Crippen molar-refractivity contribution in [3.8, 4) is 5.75 Å². The molecule has 1 amide bonds. The zero-order valence-electron chi connectivity index (χ0n) is 18.2. The van der Waals surface area contributed by atoms with Crippen molar-refractivity contribution in [2.45, 2.75) is 79.4 Å². The van der Waals surface area contributed by atoms with Crippen LogP contribution in [0.2, 0.25) is 0 Å². The molecular weight excluding hydrogens is 342 g/mol. The summed E-state index contributed by atoms with van der Waals surface area (Å²) in [6.07, 6.45) is 1.27. The molecule has 1 aromatic carbocycles. The molecule has 0 radical (unpaired) electrons. The maximum absolute atomic E-state index is 11.7. The molecule has 0 aliphatic carbocycles. The lowest BCUT2D eigenvalue weighted by Gasteiger charge is -2.50. The molecule has 0 fully saturated rings. The van der Waals surface area contributed by atoms with Crippen LogP contribution in [0.5, 0.6) is 5.75 Å². The molecule has 0 bridgehead atoms. The topological polar surface area (TPSA) is 81.8 Å². The average molecular weight is 380 g/mol. The fourth-order valence-electron chi connectivity index (χ4n) is 4.01. The standard InChI is InChI=1S/C22H37NO4/c1-9-14-20(5,6)15-26-17-12-10-16(11-13-17)22(19(2,3)4,21(7,8)25)27-18(23)24/h10-13,25H,9,14-15H2,1-8H3,(H2,23,24). The smallest absolute Gasteiger partial charge is 0.405 e. The molecule has 0 aliphatic heterocycles. The molecule has 1 rings (SSSR count). The molecule has 1 aromatic rings. The second-order valence-electron chi connectivity index (χ2n) is 9.64. The predicted molar refractivity (Wildman–Crippen MR) is 109 cm³/mol. The zero-order chi connectivity index (χ0) is 21.1. The van der Waals surface area contributed by atoms with Gasteiger partial charge in [-0.1, -0.05) is 60.1 Å². The van der Waals surface area contributed by atoms with E-state index in [1.807, 2.05) is 45.0 Å². The molecule has 0 aromatic heterocycles. The van der Waals surface area contributed by atoms with Crippen molar-refractivity contribution in [1.29, 1.82) is 0 Å². The molecule has 5 heteroatoms. The van der Waals surface area contributed by atoms with Crippen molar-refractivity contribution in [3.63, 3.8) is 0 Å². The summed E-state index contributed by atoms with van der Waals surface area (Å²) in [6.45, 7) is 16.1. The lowest BCUT2D eigenvalue weighted by atomic mass is 9.64. The van der Waals surface area contributed by atoms with Gasteiger partial charge in [-0.05, 0) is 43.4 Å². The van der Waals surface area contributed by atoms with Gasteiger partial charge >= 0.3 is 6.09 Å². The molecule has 0 aliphatic rings. The molecule has 5 nitrogen and oxygen atoms in total. The van der Waals surface area contributed by atoms with Gasteiger partial charge in [0.15, 0.2) is 5.60 Å². The lowest BCUT2D eigenvalue weighted by Crippen LogP contribution is -2.59. The van der Waals surface area contributed by atoms with E-state index < -0.39 is 22.7 Å². The van der Waals surface area contributed by atoms with Gasteiger partial charge < -0.3 is 20.3 Å². The highest BCUT2D eigenvalue weighted by Crippen LogP contribution is 2.50. The minimum atomic E-state index is -1.36. The van der Waals surface area contributed by atoms with E-state index >= 15 is 0 Å². The predicted octanol–water partition coefficient (Wildman–Crippen LogP) is 5.00. The van der Waals surface area contributed by atoms with Crippen molar-refractivity contribution in [2.24, 2.45) is 16.6 Å². The molecule has 0 saturated carbocycles. The van der Waals surface area contributed by atoms with E-state index in [-0.39, 0.29) is 5.41 Å². The number of rotatable bonds is 8. The Hall–Kier alpha value is -1.75. The quantitative estimate of drug-likeness (QED) is 0.666. The Morgan fingerprint density at radius 2 is 1.56 bits per heavy atom. The van der Waals surface area contributed by atoms with E-state index in [2.05, 4.69) is 20.8 Å². The van der Waals surface area contributed by atoms with Gasteiger partial charge in [0, 0.05) is 5.41 Å². The van der Waals surface area contributed by atoms with Crippen LogP contribution in [0.1, 0.15) is 73.8 Å². The average Bonchev–Trinajstić information content (AvgIpc) is 2.48. The Labute approximate surface area is 164 Å². The third kappa shape index (κ3) is 5.38. The Morgan fingerprint density at radius 1 is 1.04 bits per heavy atom. The maximum Gasteiger partial charge on any atom is 0.405 e. The number of nitrogens with two attached hydrogens (primary N) is 1. The van der Waals surface area contributed by atoms with Gasteiger partial charge in [-0.2, -0.15) is 0 Å². The molecule has 1 unspecified atom stereocenters. The summed E-state index contributed by atoms with van der Waals surface area (Å²) in [6, 6.07) is 7.34. The first-order chi connectivity index (χ1) is 12.2. The van der Waals surface area contributed by atoms with Gasteiger partial charge in [0.1, 0.15) is 11.4 Å². The highest BCUT2D eigenvalue weighted by atomic mass is 16.6. The largest absolute Gasteiger partial charge is 0.493 e. The molecule has 154 valence electrons. The number of carbonyl (C=O) groups excluding carboxylic acids is 1. The Balaban J connectivity index is 3.24. The van der Waals surface area contributed by atoms with Crippen LogP contribution >= 0.6 is 0 Å². The van der Waals surface area contributed by atoms with Crippen molar-refractivity contribution in [2.75, 3.05) is 6.61 Å². The van der Waals surface area contributed by atoms with Crippen molar-refractivity contribution < 1.29 is 19.4 Å². The highest BCUT2D eigenvalue weighted by molar-refractivity contribution is 5.66. The fraction of sp³-hybridized carbons (Fsp3) is 0.682. The number of amides is 1. The summed E-state index contributed by atoms with van der Waals surface area (Å²) in [5, 5.41) is 10.9. The van der Waals surface area contributed by atoms with Gasteiger partial charge in [0.05, 0.1) is 6.61 Å². The summed E-state index contributed by atoms with van der Waals surface area (Å²) in [7, 11) is 0. The first kappa shape index (κ1) is 23.3. The van der Waals surface area contributed by atoms with Crippen molar-refractivity contribution in [1.82, 2.24) is 0 Å². The van der Waals surface area contributed by atoms with E-state index in [0.717, 1.165) is 18.6 Å². The molecule has 27 heavy (non-hydrogen) atoms. The molecule has 0 spiro atoms. The van der Waals surface area contributed by atoms with E-state index in [4.69, 9.17) is 15.2 Å². The molecular formula is C22H37NO4. The lowest BCUT2D eigenvalue weighted by molar-refractivity contribution is -0.193. The number of carbonyl (C=O) groups is 1. The highest BCUT2D eigenvalue weighted by Gasteiger charge is 2.57. The fourth-order valence-corrected chi connectivity index (χ4v) is 4.01. The van der Waals surface area contributed by atoms with Crippen LogP contribution in [0.25, 0.3) is 0 Å². The van der Waals surface area contributed by atoms with Crippen LogP contribution in [0.3, 0.4) is 0 Å². The number of ether oxygens (including phenoxy) is 2. The summed E-state index contributed by atoms with van der Waals surface area (Å²) in [5.41, 5.74) is 2.86. The number of primary amides is 1. The Kier molecular flexibility index (Phi) is 6.98. The second-order valence-corrected chi connectivity index (χ2v) is 9.64. The van der Waals surface area contributed by atoms with Crippen LogP contribution in [0.15, 0.2) is 24.3 Å². The third-order valence-electron chi connectivity index (χ3n) is 4.99. The minimum absolute atomic E-state index is 0.102. The summed E-state index contributed by atoms with van der Waals surface area (Å²) in [5.74, 6) is 0.737. The Morgan fingerprint density at radius 3 is 1.93 bits per heavy atom. The van der Waals surface area contributed by atoms with Gasteiger partial charge in [-0.15, -0.1) is 0 Å². The van der Waals surface area contributed by atoms with Gasteiger partial charge in [-0.25, -0.2) is 4.79 Å². The second kappa shape index (κ2) is 8.09. The number of aliphatic hydroxyl groups is 1. The normalized spacial score (nSPS) is 15.1. The van der Waals surface area contributed by atoms with Gasteiger partial charge in [-0.3, -0.25) is 0 Å². The van der Waals surface area contributed by atoms with Crippen molar-refractivity contribution >= 4 is 6.09 Å². The molecule has 0 saturated heterocycles. The molecule has 1 atom stereocenters. The number of hydrogen-bond donors (Lipinski definition) is 2. The molecule has 0 heterocycles. The van der Waals surface area contributed by atoms with E-state index in [9.17, 15) is 9.90 Å². The molecule has 3 N–H and O–H groups in total. The SMILES string of the molecule is CCCC(C)(C)COc1ccc(C(OC(N)=O)(C(C)(C)C)C(C)(C)O)cc1. The van der Waals surface area contributed by atoms with Crippen LogP contribution in [-0.2, 0) is 10.3 Å². The maximum atomic E-state index is 11.7. The van der Waals surface area contributed by atoms with Gasteiger partial charge in [0.25, 0.3) is 0 Å². The van der Waals surface area contributed by atoms with Crippen LogP contribution < -0.4 is 10.5 Å². The summed E-state index contributed by atoms with van der Waals surface area (Å²) >= 11 is 0. The first-order valence-corrected chi connectivity index (χ1v) is 9.60.